The quantitative estimate of drug-likeness (QED) is 0.587. The number of rotatable bonds is 7. The lowest BCUT2D eigenvalue weighted by Gasteiger charge is -2.32. The highest BCUT2D eigenvalue weighted by molar-refractivity contribution is 5.79. The Balaban J connectivity index is 1.45. The van der Waals surface area contributed by atoms with Crippen molar-refractivity contribution in [3.8, 4) is 5.75 Å². The topological polar surface area (TPSA) is 84.7 Å². The van der Waals surface area contributed by atoms with Gasteiger partial charge in [-0.05, 0) is 24.5 Å². The van der Waals surface area contributed by atoms with E-state index in [1.165, 1.54) is 12.1 Å². The smallest absolute Gasteiger partial charge is 0.269 e. The second kappa shape index (κ2) is 9.32. The van der Waals surface area contributed by atoms with Crippen LogP contribution in [0, 0.1) is 10.1 Å². The van der Waals surface area contributed by atoms with E-state index in [9.17, 15) is 14.9 Å². The van der Waals surface area contributed by atoms with Crippen LogP contribution in [0.4, 0.5) is 5.69 Å². The molecule has 0 aliphatic carbocycles. The van der Waals surface area contributed by atoms with E-state index in [0.717, 1.165) is 42.8 Å². The van der Waals surface area contributed by atoms with Crippen molar-refractivity contribution in [3.05, 3.63) is 69.8 Å². The molecule has 0 bridgehead atoms. The Kier molecular flexibility index (Phi) is 6.60. The van der Waals surface area contributed by atoms with Crippen molar-refractivity contribution in [2.45, 2.75) is 31.8 Å². The third kappa shape index (κ3) is 5.07. The van der Waals surface area contributed by atoms with Crippen LogP contribution in [0.25, 0.3) is 0 Å². The zero-order valence-electron chi connectivity index (χ0n) is 16.0. The van der Waals surface area contributed by atoms with Crippen molar-refractivity contribution in [2.24, 2.45) is 0 Å². The molecule has 1 aliphatic rings. The van der Waals surface area contributed by atoms with Crippen LogP contribution in [-0.2, 0) is 17.8 Å². The molecule has 0 radical (unpaired) electrons. The summed E-state index contributed by atoms with van der Waals surface area (Å²) in [5, 5.41) is 14.2. The number of amides is 1. The zero-order chi connectivity index (χ0) is 19.9. The van der Waals surface area contributed by atoms with Gasteiger partial charge in [0, 0.05) is 43.4 Å². The summed E-state index contributed by atoms with van der Waals surface area (Å²) < 4.78 is 5.33. The summed E-state index contributed by atoms with van der Waals surface area (Å²) in [6.07, 6.45) is 2.14. The van der Waals surface area contributed by atoms with Crippen molar-refractivity contribution in [3.63, 3.8) is 0 Å². The lowest BCUT2D eigenvalue weighted by molar-refractivity contribution is -0.384. The normalized spacial score (nSPS) is 14.7. The average Bonchev–Trinajstić information content (AvgIpc) is 2.73. The van der Waals surface area contributed by atoms with Crippen molar-refractivity contribution in [2.75, 3.05) is 20.2 Å². The van der Waals surface area contributed by atoms with E-state index in [0.29, 0.717) is 19.0 Å². The fourth-order valence-corrected chi connectivity index (χ4v) is 3.45. The summed E-state index contributed by atoms with van der Waals surface area (Å²) in [5.41, 5.74) is 2.03. The number of nitrogens with one attached hydrogen (secondary N) is 1. The number of para-hydroxylation sites is 1. The molecule has 1 fully saturated rings. The van der Waals surface area contributed by atoms with Crippen LogP contribution in [0.3, 0.4) is 0 Å². The Morgan fingerprint density at radius 2 is 1.86 bits per heavy atom. The maximum atomic E-state index is 12.6. The predicted molar refractivity (Wildman–Crippen MR) is 106 cm³/mol. The summed E-state index contributed by atoms with van der Waals surface area (Å²) in [6.45, 7) is 2.12. The van der Waals surface area contributed by atoms with E-state index in [-0.39, 0.29) is 11.6 Å². The minimum Gasteiger partial charge on any atom is -0.496 e. The molecule has 2 aromatic carbocycles. The van der Waals surface area contributed by atoms with Gasteiger partial charge in [0.1, 0.15) is 5.75 Å². The highest BCUT2D eigenvalue weighted by Crippen LogP contribution is 2.20. The fraction of sp³-hybridized carbons (Fsp3) is 0.381. The Bertz CT molecular complexity index is 815. The number of methoxy groups -OCH3 is 1. The minimum absolute atomic E-state index is 0.102. The number of carbonyl (C=O) groups is 1. The molecule has 3 rings (SSSR count). The molecule has 7 heteroatoms. The van der Waals surface area contributed by atoms with Gasteiger partial charge in [0.2, 0.25) is 5.91 Å². The van der Waals surface area contributed by atoms with Crippen LogP contribution in [0.15, 0.2) is 48.5 Å². The number of likely N-dealkylation sites (tertiary alicyclic amines) is 1. The fourth-order valence-electron chi connectivity index (χ4n) is 3.45. The summed E-state index contributed by atoms with van der Waals surface area (Å²) in [4.78, 5) is 24.8. The average molecular weight is 383 g/mol. The maximum absolute atomic E-state index is 12.6. The molecule has 1 aliphatic heterocycles. The Morgan fingerprint density at radius 3 is 2.50 bits per heavy atom. The molecule has 0 saturated carbocycles. The molecular formula is C21H25N3O4. The number of ether oxygens (including phenoxy) is 1. The number of nitrogens with zero attached hydrogens (tertiary/aromatic N) is 2. The van der Waals surface area contributed by atoms with Crippen molar-refractivity contribution < 1.29 is 14.5 Å². The van der Waals surface area contributed by atoms with Gasteiger partial charge in [-0.3, -0.25) is 14.9 Å². The number of nitro groups is 1. The Labute approximate surface area is 164 Å². The molecule has 0 unspecified atom stereocenters. The van der Waals surface area contributed by atoms with E-state index < -0.39 is 4.92 Å². The van der Waals surface area contributed by atoms with E-state index in [1.54, 1.807) is 19.2 Å². The maximum Gasteiger partial charge on any atom is 0.269 e. The summed E-state index contributed by atoms with van der Waals surface area (Å²) in [6, 6.07) is 14.5. The number of hydrogen-bond donors (Lipinski definition) is 1. The van der Waals surface area contributed by atoms with Crippen LogP contribution in [0.5, 0.6) is 5.75 Å². The molecule has 0 spiro atoms. The molecule has 2 aromatic rings. The monoisotopic (exact) mass is 383 g/mol. The largest absolute Gasteiger partial charge is 0.496 e. The van der Waals surface area contributed by atoms with Gasteiger partial charge < -0.3 is 15.0 Å². The lowest BCUT2D eigenvalue weighted by atomic mass is 10.0. The molecule has 1 saturated heterocycles. The highest BCUT2D eigenvalue weighted by atomic mass is 16.6. The second-order valence-corrected chi connectivity index (χ2v) is 6.95. The minimum atomic E-state index is -0.394. The van der Waals surface area contributed by atoms with E-state index in [2.05, 4.69) is 5.32 Å². The SMILES string of the molecule is COc1ccccc1CC(=O)N1CCC(NCc2ccc([N+](=O)[O-])cc2)CC1. The third-order valence-electron chi connectivity index (χ3n) is 5.12. The first-order valence-electron chi connectivity index (χ1n) is 9.43. The molecular weight excluding hydrogens is 358 g/mol. The van der Waals surface area contributed by atoms with Gasteiger partial charge in [-0.2, -0.15) is 0 Å². The molecule has 1 N–H and O–H groups in total. The van der Waals surface area contributed by atoms with Crippen LogP contribution in [0.1, 0.15) is 24.0 Å². The summed E-state index contributed by atoms with van der Waals surface area (Å²) in [5.74, 6) is 0.869. The highest BCUT2D eigenvalue weighted by Gasteiger charge is 2.23. The number of benzene rings is 2. The standard InChI is InChI=1S/C21H25N3O4/c1-28-20-5-3-2-4-17(20)14-21(25)23-12-10-18(11-13-23)22-15-16-6-8-19(9-7-16)24(26)27/h2-9,18,22H,10-15H2,1H3. The third-order valence-corrected chi connectivity index (χ3v) is 5.12. The van der Waals surface area contributed by atoms with Crippen molar-refractivity contribution in [1.29, 1.82) is 0 Å². The molecule has 0 atom stereocenters. The summed E-state index contributed by atoms with van der Waals surface area (Å²) in [7, 11) is 1.62. The van der Waals surface area contributed by atoms with Crippen molar-refractivity contribution in [1.82, 2.24) is 10.2 Å². The van der Waals surface area contributed by atoms with Gasteiger partial charge in [0.15, 0.2) is 0 Å². The van der Waals surface area contributed by atoms with E-state index in [4.69, 9.17) is 4.74 Å². The number of non-ortho nitro benzene ring substituents is 1. The molecule has 1 amide bonds. The first-order chi connectivity index (χ1) is 13.6. The summed E-state index contributed by atoms with van der Waals surface area (Å²) >= 11 is 0. The zero-order valence-corrected chi connectivity index (χ0v) is 16.0. The van der Waals surface area contributed by atoms with Crippen LogP contribution in [0.2, 0.25) is 0 Å². The predicted octanol–water partition coefficient (Wildman–Crippen LogP) is 2.93. The first-order valence-corrected chi connectivity index (χ1v) is 9.43. The number of nitro benzene ring substituents is 1. The van der Waals surface area contributed by atoms with Gasteiger partial charge in [0.05, 0.1) is 18.5 Å². The first kappa shape index (κ1) is 19.8. The van der Waals surface area contributed by atoms with Gasteiger partial charge in [-0.1, -0.05) is 30.3 Å². The molecule has 28 heavy (non-hydrogen) atoms. The van der Waals surface area contributed by atoms with E-state index >= 15 is 0 Å². The van der Waals surface area contributed by atoms with Crippen molar-refractivity contribution >= 4 is 11.6 Å². The van der Waals surface area contributed by atoms with Crippen LogP contribution >= 0.6 is 0 Å². The van der Waals surface area contributed by atoms with Crippen LogP contribution < -0.4 is 10.1 Å². The van der Waals surface area contributed by atoms with Gasteiger partial charge in [0.25, 0.3) is 5.69 Å². The van der Waals surface area contributed by atoms with Gasteiger partial charge in [-0.15, -0.1) is 0 Å². The molecule has 7 nitrogen and oxygen atoms in total. The lowest BCUT2D eigenvalue weighted by Crippen LogP contribution is -2.45. The number of carbonyl (C=O) groups excluding carboxylic acids is 1. The molecule has 1 heterocycles. The van der Waals surface area contributed by atoms with E-state index in [1.807, 2.05) is 29.2 Å². The molecule has 148 valence electrons. The second-order valence-electron chi connectivity index (χ2n) is 6.95. The number of piperidine rings is 1. The Hall–Kier alpha value is -2.93. The van der Waals surface area contributed by atoms with Gasteiger partial charge in [-0.25, -0.2) is 0 Å². The van der Waals surface area contributed by atoms with Crippen LogP contribution in [-0.4, -0.2) is 42.0 Å². The Morgan fingerprint density at radius 1 is 1.18 bits per heavy atom. The number of hydrogen-bond acceptors (Lipinski definition) is 5. The molecule has 0 aromatic heterocycles. The van der Waals surface area contributed by atoms with Gasteiger partial charge >= 0.3 is 0 Å².